The number of methoxy groups -OCH3 is 1. The zero-order valence-corrected chi connectivity index (χ0v) is 20.2. The van der Waals surface area contributed by atoms with Gasteiger partial charge < -0.3 is 26.3 Å². The van der Waals surface area contributed by atoms with Gasteiger partial charge in [-0.3, -0.25) is 0 Å². The molecule has 0 amide bonds. The van der Waals surface area contributed by atoms with Crippen LogP contribution in [-0.2, 0) is 18.5 Å². The van der Waals surface area contributed by atoms with Gasteiger partial charge in [-0.25, -0.2) is 14.4 Å². The van der Waals surface area contributed by atoms with Gasteiger partial charge in [0.05, 0.1) is 25.1 Å². The number of hydrogen-bond acceptors (Lipinski definition) is 11. The van der Waals surface area contributed by atoms with Crippen molar-refractivity contribution < 1.29 is 19.2 Å². The lowest BCUT2D eigenvalue weighted by molar-refractivity contribution is -0.354. The maximum absolute atomic E-state index is 8.48. The molecule has 0 atom stereocenters. The maximum Gasteiger partial charge on any atom is 0.511 e. The quantitative estimate of drug-likeness (QED) is 0.194. The monoisotopic (exact) mass is 533 g/mol. The predicted molar refractivity (Wildman–Crippen MR) is 129 cm³/mol. The summed E-state index contributed by atoms with van der Waals surface area (Å²) in [7, 11) is 3.39. The Morgan fingerprint density at radius 2 is 1.65 bits per heavy atom. The second-order valence-corrected chi connectivity index (χ2v) is 7.13. The lowest BCUT2D eigenvalue weighted by Gasteiger charge is -2.06. The van der Waals surface area contributed by atoms with Crippen LogP contribution in [0.25, 0.3) is 11.3 Å². The van der Waals surface area contributed by atoms with E-state index in [1.807, 2.05) is 0 Å². The van der Waals surface area contributed by atoms with E-state index in [0.29, 0.717) is 28.8 Å². The second-order valence-electron chi connectivity index (χ2n) is 6.28. The number of nitrogens with two attached hydrogens (primary N) is 2. The minimum absolute atomic E-state index is 0.164. The number of ether oxygens (including phenoxy) is 1. The first-order valence-corrected chi connectivity index (χ1v) is 10.2. The molecular weight excluding hydrogens is 511 g/mol. The number of aromatic nitrogens is 8. The van der Waals surface area contributed by atoms with Crippen molar-refractivity contribution in [3.8, 4) is 22.8 Å². The molecule has 4 rings (SSSR count). The fourth-order valence-electron chi connectivity index (χ4n) is 2.41. The van der Waals surface area contributed by atoms with Crippen LogP contribution in [0.5, 0.6) is 11.5 Å². The molecule has 0 saturated carbocycles. The van der Waals surface area contributed by atoms with Crippen LogP contribution in [0, 0.1) is 0 Å². The van der Waals surface area contributed by atoms with Crippen LogP contribution in [0.3, 0.4) is 0 Å². The number of nitrogen functional groups attached to an aromatic ring is 2. The van der Waals surface area contributed by atoms with E-state index in [1.54, 1.807) is 51.9 Å². The molecule has 0 unspecified atom stereocenters. The van der Waals surface area contributed by atoms with Gasteiger partial charge in [-0.1, -0.05) is 0 Å². The molecule has 0 saturated heterocycles. The summed E-state index contributed by atoms with van der Waals surface area (Å²) in [5, 5.41) is 32.4. The number of nitrogens with zero attached hydrogens (tertiary/aromatic N) is 8. The van der Waals surface area contributed by atoms with E-state index in [9.17, 15) is 0 Å². The van der Waals surface area contributed by atoms with E-state index in [1.165, 1.54) is 15.8 Å². The molecule has 0 aromatic carbocycles. The van der Waals surface area contributed by atoms with E-state index in [-0.39, 0.29) is 5.59 Å². The highest BCUT2D eigenvalue weighted by molar-refractivity contribution is 9.10. The third-order valence-electron chi connectivity index (χ3n) is 3.92. The Labute approximate surface area is 203 Å². The largest absolute Gasteiger partial charge is 0.511 e. The fraction of sp³-hybridized carbons (Fsp3) is 0.167. The molecular formula is C18H23BBrN10O4+. The van der Waals surface area contributed by atoms with Gasteiger partial charge in [0.15, 0.2) is 11.6 Å². The van der Waals surface area contributed by atoms with Crippen molar-refractivity contribution in [2.24, 2.45) is 14.1 Å². The zero-order valence-electron chi connectivity index (χ0n) is 18.6. The number of carbonyl (C=O) groups excluding carboxylic acids is 1. The normalized spacial score (nSPS) is 9.82. The average molecular weight is 534 g/mol. The first-order chi connectivity index (χ1) is 16.2. The summed E-state index contributed by atoms with van der Waals surface area (Å²) >= 11 is 3.22. The zero-order chi connectivity index (χ0) is 25.3. The molecule has 4 aromatic rings. The molecule has 14 nitrogen and oxygen atoms in total. The standard InChI is InChI=1S/C9H11N5O.C6H6BrN2O.C3H6BN3O2/c1-14-12-5-7(13-14)6-3-4-11-9(10)8(6)15-2;1-10-5-4(7)2-3-9-6(5)8;1-7-5-2-3(6-7)4(8)9/h3-5H,1-2H3,(H2,10,11);2-3H,1H2,(H2,8,9);2,8-9H,1H3/q;+1;. The fourth-order valence-corrected chi connectivity index (χ4v) is 2.85. The highest BCUT2D eigenvalue weighted by Crippen LogP contribution is 2.31. The summed E-state index contributed by atoms with van der Waals surface area (Å²) in [4.78, 5) is 10.5. The van der Waals surface area contributed by atoms with E-state index in [2.05, 4.69) is 53.1 Å². The molecule has 4 heterocycles. The molecule has 0 aliphatic carbocycles. The number of pyridine rings is 2. The van der Waals surface area contributed by atoms with Crippen molar-refractivity contribution >= 4 is 47.1 Å². The van der Waals surface area contributed by atoms with Crippen molar-refractivity contribution in [2.75, 3.05) is 18.6 Å². The van der Waals surface area contributed by atoms with Gasteiger partial charge in [0, 0.05) is 26.5 Å². The molecule has 6 N–H and O–H groups in total. The minimum Gasteiger partial charge on any atom is -0.492 e. The minimum atomic E-state index is -1.52. The van der Waals surface area contributed by atoms with E-state index >= 15 is 0 Å². The molecule has 178 valence electrons. The van der Waals surface area contributed by atoms with Gasteiger partial charge in [-0.15, -0.1) is 0 Å². The van der Waals surface area contributed by atoms with E-state index in [0.717, 1.165) is 10.0 Å². The van der Waals surface area contributed by atoms with Crippen LogP contribution >= 0.6 is 15.9 Å². The van der Waals surface area contributed by atoms with E-state index in [4.69, 9.17) is 30.7 Å². The molecule has 0 fully saturated rings. The molecule has 0 bridgehead atoms. The van der Waals surface area contributed by atoms with Gasteiger partial charge in [-0.05, 0) is 28.1 Å². The third kappa shape index (κ3) is 7.06. The van der Waals surface area contributed by atoms with Crippen molar-refractivity contribution in [3.05, 3.63) is 41.4 Å². The van der Waals surface area contributed by atoms with Gasteiger partial charge in [0.2, 0.25) is 5.82 Å². The molecule has 4 aromatic heterocycles. The number of halogens is 1. The Balaban J connectivity index is 0.000000189. The molecule has 16 heteroatoms. The Kier molecular flexibility index (Phi) is 9.60. The van der Waals surface area contributed by atoms with Crippen LogP contribution < -0.4 is 21.8 Å². The topological polar surface area (TPSA) is 200 Å². The number of hydrogen-bond donors (Lipinski definition) is 4. The molecule has 34 heavy (non-hydrogen) atoms. The van der Waals surface area contributed by atoms with E-state index < -0.39 is 7.12 Å². The molecule has 0 spiro atoms. The Bertz CT molecular complexity index is 1210. The second kappa shape index (κ2) is 12.4. The van der Waals surface area contributed by atoms with Crippen LogP contribution in [0.15, 0.2) is 41.4 Å². The van der Waals surface area contributed by atoms with Crippen molar-refractivity contribution in [2.45, 2.75) is 0 Å². The molecule has 0 aliphatic rings. The number of aryl methyl sites for hydroxylation is 2. The van der Waals surface area contributed by atoms with Crippen molar-refractivity contribution in [1.82, 2.24) is 40.0 Å². The van der Waals surface area contributed by atoms with Gasteiger partial charge in [0.1, 0.15) is 15.8 Å². The predicted octanol–water partition coefficient (Wildman–Crippen LogP) is -0.533. The van der Waals surface area contributed by atoms with Gasteiger partial charge >= 0.3 is 12.9 Å². The average Bonchev–Trinajstić information content (AvgIpc) is 3.43. The van der Waals surface area contributed by atoms with Crippen molar-refractivity contribution in [1.29, 1.82) is 0 Å². The van der Waals surface area contributed by atoms with Crippen LogP contribution in [-0.4, -0.2) is 71.0 Å². The maximum atomic E-state index is 8.48. The van der Waals surface area contributed by atoms with Gasteiger partial charge in [-0.2, -0.15) is 30.0 Å². The summed E-state index contributed by atoms with van der Waals surface area (Å²) in [5.41, 5.74) is 12.8. The van der Waals surface area contributed by atoms with Crippen LogP contribution in [0.2, 0.25) is 0 Å². The smallest absolute Gasteiger partial charge is 0.492 e. The first-order valence-electron chi connectivity index (χ1n) is 9.37. The third-order valence-corrected chi connectivity index (χ3v) is 4.55. The highest BCUT2D eigenvalue weighted by atomic mass is 79.9. The summed E-state index contributed by atoms with van der Waals surface area (Å²) in [5.74, 6) is 1.69. The lowest BCUT2D eigenvalue weighted by atomic mass is 9.87. The lowest BCUT2D eigenvalue weighted by Crippen LogP contribution is -2.31. The molecule has 0 aliphatic heterocycles. The Morgan fingerprint density at radius 3 is 2.09 bits per heavy atom. The Hall–Kier alpha value is -3.89. The summed E-state index contributed by atoms with van der Waals surface area (Å²) in [6.45, 7) is 3.23. The number of anilines is 2. The first kappa shape index (κ1) is 26.4. The van der Waals surface area contributed by atoms with Crippen LogP contribution in [0.4, 0.5) is 11.6 Å². The number of rotatable bonds is 4. The van der Waals surface area contributed by atoms with Crippen molar-refractivity contribution in [3.63, 3.8) is 0 Å². The van der Waals surface area contributed by atoms with Crippen LogP contribution in [0.1, 0.15) is 0 Å². The summed E-state index contributed by atoms with van der Waals surface area (Å²) in [6.07, 6.45) is 6.14. The molecule has 0 radical (unpaired) electrons. The summed E-state index contributed by atoms with van der Waals surface area (Å²) in [6, 6.07) is 3.52. The highest BCUT2D eigenvalue weighted by Gasteiger charge is 2.14. The summed E-state index contributed by atoms with van der Waals surface area (Å²) < 4.78 is 10.6. The SMILES string of the molecule is C=[O+]c1c(Br)ccnc1N.COc1c(-c2cnn(C)n2)ccnc1N.Cn1ncc(B(O)O)n1. The Morgan fingerprint density at radius 1 is 1.03 bits per heavy atom. The van der Waals surface area contributed by atoms with Gasteiger partial charge in [0.25, 0.3) is 6.79 Å².